The number of amides is 1. The largest absolute Gasteiger partial charge is 0.405 e. The average molecular weight is 401 g/mol. The van der Waals surface area contributed by atoms with Gasteiger partial charge in [0.25, 0.3) is 5.91 Å². The maximum atomic E-state index is 12.4. The van der Waals surface area contributed by atoms with E-state index in [1.165, 1.54) is 6.07 Å². The number of rotatable bonds is 6. The fourth-order valence-electron chi connectivity index (χ4n) is 2.26. The summed E-state index contributed by atoms with van der Waals surface area (Å²) in [4.78, 5) is 11.5. The van der Waals surface area contributed by atoms with Gasteiger partial charge in [-0.15, -0.1) is 0 Å². The van der Waals surface area contributed by atoms with Crippen LogP contribution in [-0.2, 0) is 10.1 Å². The second-order valence-electron chi connectivity index (χ2n) is 6.05. The van der Waals surface area contributed by atoms with E-state index in [0.29, 0.717) is 5.56 Å². The standard InChI is InChI=1S/C18H18F3NO4S/c1-12(2)15-5-3-4-6-16(15)26-27(24,25)14-9-7-13(8-10-14)17(23)22-11-18(19,20)21/h3-10,12H,11H2,1-2H3,(H,22,23). The van der Waals surface area contributed by atoms with Gasteiger partial charge in [0, 0.05) is 5.56 Å². The van der Waals surface area contributed by atoms with E-state index in [2.05, 4.69) is 0 Å². The molecule has 27 heavy (non-hydrogen) atoms. The molecular formula is C18H18F3NO4S. The Bertz CT molecular complexity index is 907. The van der Waals surface area contributed by atoms with Crippen LogP contribution in [0.5, 0.6) is 5.75 Å². The van der Waals surface area contributed by atoms with Gasteiger partial charge in [-0.1, -0.05) is 32.0 Å². The van der Waals surface area contributed by atoms with Crippen LogP contribution >= 0.6 is 0 Å². The number of halogens is 3. The summed E-state index contributed by atoms with van der Waals surface area (Å²) >= 11 is 0. The third-order valence-corrected chi connectivity index (χ3v) is 4.84. The van der Waals surface area contributed by atoms with Gasteiger partial charge < -0.3 is 9.50 Å². The summed E-state index contributed by atoms with van der Waals surface area (Å²) in [6.45, 7) is 2.31. The highest BCUT2D eigenvalue weighted by Gasteiger charge is 2.28. The molecule has 1 N–H and O–H groups in total. The number of benzene rings is 2. The number of carbonyl (C=O) groups excluding carboxylic acids is 1. The molecule has 0 unspecified atom stereocenters. The Kier molecular flexibility index (Phi) is 6.15. The molecule has 2 aromatic carbocycles. The third kappa shape index (κ3) is 5.72. The van der Waals surface area contributed by atoms with E-state index in [-0.39, 0.29) is 22.1 Å². The molecule has 0 atom stereocenters. The molecule has 0 radical (unpaired) electrons. The van der Waals surface area contributed by atoms with Crippen molar-refractivity contribution >= 4 is 16.0 Å². The summed E-state index contributed by atoms with van der Waals surface area (Å²) < 4.78 is 66.5. The lowest BCUT2D eigenvalue weighted by Gasteiger charge is -2.14. The zero-order valence-corrected chi connectivity index (χ0v) is 15.4. The van der Waals surface area contributed by atoms with Gasteiger partial charge in [-0.05, 0) is 41.8 Å². The van der Waals surface area contributed by atoms with E-state index in [9.17, 15) is 26.4 Å². The van der Waals surface area contributed by atoms with Crippen LogP contribution in [0.15, 0.2) is 53.4 Å². The van der Waals surface area contributed by atoms with Crippen LogP contribution in [-0.4, -0.2) is 27.0 Å². The van der Waals surface area contributed by atoms with Gasteiger partial charge in [-0.3, -0.25) is 4.79 Å². The molecule has 0 bridgehead atoms. The Morgan fingerprint density at radius 3 is 2.22 bits per heavy atom. The first-order valence-electron chi connectivity index (χ1n) is 7.98. The van der Waals surface area contributed by atoms with Crippen LogP contribution in [0.3, 0.4) is 0 Å². The van der Waals surface area contributed by atoms with Crippen LogP contribution in [0, 0.1) is 0 Å². The fraction of sp³-hybridized carbons (Fsp3) is 0.278. The van der Waals surface area contributed by atoms with Gasteiger partial charge in [-0.25, -0.2) is 0 Å². The van der Waals surface area contributed by atoms with Crippen molar-refractivity contribution < 1.29 is 30.6 Å². The first kappa shape index (κ1) is 20.8. The summed E-state index contributed by atoms with van der Waals surface area (Å²) in [6.07, 6.45) is -4.53. The number of hydrogen-bond acceptors (Lipinski definition) is 4. The normalized spacial score (nSPS) is 12.1. The van der Waals surface area contributed by atoms with E-state index >= 15 is 0 Å². The number of alkyl halides is 3. The molecule has 9 heteroatoms. The highest BCUT2D eigenvalue weighted by Crippen LogP contribution is 2.28. The molecule has 0 aliphatic carbocycles. The van der Waals surface area contributed by atoms with Gasteiger partial charge in [0.2, 0.25) is 0 Å². The second kappa shape index (κ2) is 7.99. The molecule has 2 aromatic rings. The topological polar surface area (TPSA) is 72.5 Å². The minimum absolute atomic E-state index is 0.0381. The summed E-state index contributed by atoms with van der Waals surface area (Å²) in [5.74, 6) is -0.724. The van der Waals surface area contributed by atoms with Crippen molar-refractivity contribution in [3.63, 3.8) is 0 Å². The first-order valence-corrected chi connectivity index (χ1v) is 9.39. The van der Waals surface area contributed by atoms with Gasteiger partial charge >= 0.3 is 16.3 Å². The van der Waals surface area contributed by atoms with E-state index < -0.39 is 28.7 Å². The highest BCUT2D eigenvalue weighted by atomic mass is 32.2. The summed E-state index contributed by atoms with van der Waals surface area (Å²) in [7, 11) is -4.16. The van der Waals surface area contributed by atoms with Crippen molar-refractivity contribution in [2.75, 3.05) is 6.54 Å². The van der Waals surface area contributed by atoms with Crippen molar-refractivity contribution in [3.05, 3.63) is 59.7 Å². The number of hydrogen-bond donors (Lipinski definition) is 1. The van der Waals surface area contributed by atoms with E-state index in [0.717, 1.165) is 24.3 Å². The van der Waals surface area contributed by atoms with Crippen molar-refractivity contribution in [3.8, 4) is 5.75 Å². The lowest BCUT2D eigenvalue weighted by Crippen LogP contribution is -2.33. The molecule has 0 aliphatic heterocycles. The Hall–Kier alpha value is -2.55. The van der Waals surface area contributed by atoms with Crippen molar-refractivity contribution in [2.45, 2.75) is 30.8 Å². The Labute approximate surface area is 155 Å². The van der Waals surface area contributed by atoms with Crippen LogP contribution < -0.4 is 9.50 Å². The Morgan fingerprint density at radius 1 is 1.07 bits per heavy atom. The van der Waals surface area contributed by atoms with Crippen LogP contribution in [0.25, 0.3) is 0 Å². The monoisotopic (exact) mass is 401 g/mol. The molecule has 5 nitrogen and oxygen atoms in total. The van der Waals surface area contributed by atoms with Crippen LogP contribution in [0.1, 0.15) is 35.7 Å². The zero-order chi connectivity index (χ0) is 20.2. The smallest absolute Gasteiger partial charge is 0.379 e. The highest BCUT2D eigenvalue weighted by molar-refractivity contribution is 7.87. The molecule has 0 heterocycles. The predicted molar refractivity (Wildman–Crippen MR) is 93.2 cm³/mol. The molecule has 0 spiro atoms. The lowest BCUT2D eigenvalue weighted by molar-refractivity contribution is -0.123. The summed E-state index contributed by atoms with van der Waals surface area (Å²) in [6, 6.07) is 11.2. The predicted octanol–water partition coefficient (Wildman–Crippen LogP) is 3.87. The molecule has 0 aliphatic rings. The Morgan fingerprint density at radius 2 is 1.67 bits per heavy atom. The number of carbonyl (C=O) groups is 1. The Balaban J connectivity index is 2.17. The van der Waals surface area contributed by atoms with Crippen molar-refractivity contribution in [2.24, 2.45) is 0 Å². The average Bonchev–Trinajstić information content (AvgIpc) is 2.59. The van der Waals surface area contributed by atoms with E-state index in [1.807, 2.05) is 13.8 Å². The van der Waals surface area contributed by atoms with Crippen molar-refractivity contribution in [1.29, 1.82) is 0 Å². The summed E-state index contributed by atoms with van der Waals surface area (Å²) in [5.41, 5.74) is 0.616. The van der Waals surface area contributed by atoms with E-state index in [4.69, 9.17) is 4.18 Å². The lowest BCUT2D eigenvalue weighted by atomic mass is 10.0. The van der Waals surface area contributed by atoms with Crippen LogP contribution in [0.2, 0.25) is 0 Å². The minimum Gasteiger partial charge on any atom is -0.379 e. The molecule has 146 valence electrons. The molecule has 0 saturated heterocycles. The molecule has 1 amide bonds. The molecule has 2 rings (SSSR count). The molecule has 0 saturated carbocycles. The SMILES string of the molecule is CC(C)c1ccccc1OS(=O)(=O)c1ccc(C(=O)NCC(F)(F)F)cc1. The van der Waals surface area contributed by atoms with Crippen molar-refractivity contribution in [1.82, 2.24) is 5.32 Å². The quantitative estimate of drug-likeness (QED) is 0.746. The molecule has 0 fully saturated rings. The maximum Gasteiger partial charge on any atom is 0.405 e. The number of nitrogens with one attached hydrogen (secondary N) is 1. The maximum absolute atomic E-state index is 12.4. The fourth-order valence-corrected chi connectivity index (χ4v) is 3.21. The zero-order valence-electron chi connectivity index (χ0n) is 14.6. The van der Waals surface area contributed by atoms with Gasteiger partial charge in [0.05, 0.1) is 0 Å². The van der Waals surface area contributed by atoms with Gasteiger partial charge in [0.1, 0.15) is 17.2 Å². The summed E-state index contributed by atoms with van der Waals surface area (Å²) in [5, 5.41) is 1.71. The van der Waals surface area contributed by atoms with Gasteiger partial charge in [-0.2, -0.15) is 21.6 Å². The minimum atomic E-state index is -4.53. The van der Waals surface area contributed by atoms with E-state index in [1.54, 1.807) is 23.5 Å². The van der Waals surface area contributed by atoms with Gasteiger partial charge in [0.15, 0.2) is 0 Å². The molecular weight excluding hydrogens is 383 g/mol. The molecule has 0 aromatic heterocycles. The van der Waals surface area contributed by atoms with Crippen LogP contribution in [0.4, 0.5) is 13.2 Å². The third-order valence-electron chi connectivity index (χ3n) is 3.60. The first-order chi connectivity index (χ1) is 12.5. The second-order valence-corrected chi connectivity index (χ2v) is 7.60. The number of para-hydroxylation sites is 1.